The highest BCUT2D eigenvalue weighted by atomic mass is 19.4. The van der Waals surface area contributed by atoms with Crippen LogP contribution in [0.5, 0.6) is 0 Å². The Labute approximate surface area is 252 Å². The van der Waals surface area contributed by atoms with Gasteiger partial charge in [0.15, 0.2) is 0 Å². The van der Waals surface area contributed by atoms with Crippen LogP contribution in [-0.4, -0.2) is 41.4 Å². The molecular weight excluding hydrogens is 549 g/mol. The maximum Gasteiger partial charge on any atom is 0.396 e. The molecule has 0 bridgehead atoms. The highest BCUT2D eigenvalue weighted by Crippen LogP contribution is 2.42. The predicted octanol–water partition coefficient (Wildman–Crippen LogP) is 7.59. The fourth-order valence-corrected chi connectivity index (χ4v) is 5.75. The molecule has 1 atom stereocenters. The quantitative estimate of drug-likeness (QED) is 0.146. The largest absolute Gasteiger partial charge is 0.396 e. The molecule has 1 fully saturated rings. The molecule has 0 radical (unpaired) electrons. The molecule has 6 nitrogen and oxygen atoms in total. The number of halogens is 3. The zero-order valence-electron chi connectivity index (χ0n) is 24.8. The number of likely N-dealkylation sites (tertiary alicyclic amines) is 1. The molecule has 0 aromatic heterocycles. The number of nitrogens with one attached hydrogen (secondary N) is 5. The minimum absolute atomic E-state index is 0.0230. The van der Waals surface area contributed by atoms with Crippen molar-refractivity contribution in [2.75, 3.05) is 13.1 Å². The molecule has 2 aromatic carbocycles. The Morgan fingerprint density at radius 2 is 1.53 bits per heavy atom. The third-order valence-corrected chi connectivity index (χ3v) is 7.92. The molecule has 5 N–H and O–H groups in total. The van der Waals surface area contributed by atoms with Crippen LogP contribution in [0.4, 0.5) is 13.2 Å². The van der Waals surface area contributed by atoms with Crippen molar-refractivity contribution in [1.82, 2.24) is 15.5 Å². The van der Waals surface area contributed by atoms with Crippen molar-refractivity contribution in [3.05, 3.63) is 108 Å². The second-order valence-electron chi connectivity index (χ2n) is 11.7. The monoisotopic (exact) mass is 590 g/mol. The van der Waals surface area contributed by atoms with Gasteiger partial charge in [-0.25, -0.2) is 0 Å². The number of nitrogens with zero attached hydrogens (tertiary/aromatic N) is 1. The van der Waals surface area contributed by atoms with Crippen LogP contribution in [0.3, 0.4) is 0 Å². The summed E-state index contributed by atoms with van der Waals surface area (Å²) in [7, 11) is 0. The summed E-state index contributed by atoms with van der Waals surface area (Å²) >= 11 is 0. The molecule has 0 spiro atoms. The smallest absolute Gasteiger partial charge is 0.360 e. The Hall–Kier alpha value is -4.14. The second-order valence-corrected chi connectivity index (χ2v) is 11.7. The maximum atomic E-state index is 14.6. The van der Waals surface area contributed by atoms with Crippen molar-refractivity contribution < 1.29 is 13.2 Å². The molecular formula is C34H41F3N6. The van der Waals surface area contributed by atoms with Crippen LogP contribution >= 0.6 is 0 Å². The lowest BCUT2D eigenvalue weighted by Crippen LogP contribution is -2.45. The summed E-state index contributed by atoms with van der Waals surface area (Å²) in [6.07, 6.45) is -0.0743. The van der Waals surface area contributed by atoms with Gasteiger partial charge >= 0.3 is 6.18 Å². The minimum Gasteiger partial charge on any atom is -0.360 e. The van der Waals surface area contributed by atoms with Gasteiger partial charge in [0.1, 0.15) is 11.7 Å². The Kier molecular flexibility index (Phi) is 10.3. The number of hydrogen-bond donors (Lipinski definition) is 5. The molecule has 1 saturated heterocycles. The Bertz CT molecular complexity index is 1330. The molecule has 1 unspecified atom stereocenters. The Morgan fingerprint density at radius 3 is 2.05 bits per heavy atom. The normalized spacial score (nSPS) is 18.3. The minimum atomic E-state index is -4.55. The topological polar surface area (TPSA) is 98.9 Å². The van der Waals surface area contributed by atoms with Gasteiger partial charge in [-0.2, -0.15) is 13.2 Å². The number of benzene rings is 2. The first kappa shape index (κ1) is 31.8. The van der Waals surface area contributed by atoms with E-state index in [9.17, 15) is 13.2 Å². The van der Waals surface area contributed by atoms with Crippen molar-refractivity contribution >= 4 is 17.3 Å². The van der Waals surface area contributed by atoms with Crippen LogP contribution in [0.2, 0.25) is 0 Å². The second kappa shape index (κ2) is 13.9. The maximum absolute atomic E-state index is 14.6. The predicted molar refractivity (Wildman–Crippen MR) is 167 cm³/mol. The summed E-state index contributed by atoms with van der Waals surface area (Å²) in [6.45, 7) is 8.84. The van der Waals surface area contributed by atoms with Gasteiger partial charge in [0.25, 0.3) is 0 Å². The van der Waals surface area contributed by atoms with E-state index in [1.54, 1.807) is 12.2 Å². The first-order chi connectivity index (χ1) is 20.4. The van der Waals surface area contributed by atoms with E-state index in [1.807, 2.05) is 79.4 Å². The van der Waals surface area contributed by atoms with E-state index < -0.39 is 18.1 Å². The van der Waals surface area contributed by atoms with Gasteiger partial charge in [-0.1, -0.05) is 81.1 Å². The molecule has 2 aliphatic heterocycles. The lowest BCUT2D eigenvalue weighted by atomic mass is 9.79. The molecule has 228 valence electrons. The summed E-state index contributed by atoms with van der Waals surface area (Å²) < 4.78 is 43.7. The summed E-state index contributed by atoms with van der Waals surface area (Å²) in [4.78, 5) is 1.86. The van der Waals surface area contributed by atoms with Gasteiger partial charge in [0.05, 0.1) is 12.0 Å². The fourth-order valence-electron chi connectivity index (χ4n) is 5.75. The summed E-state index contributed by atoms with van der Waals surface area (Å²) in [5.74, 6) is -1.44. The zero-order chi connectivity index (χ0) is 31.1. The number of alkyl halides is 3. The van der Waals surface area contributed by atoms with Gasteiger partial charge in [-0.15, -0.1) is 0 Å². The van der Waals surface area contributed by atoms with E-state index >= 15 is 0 Å². The lowest BCUT2D eigenvalue weighted by Gasteiger charge is -2.38. The molecule has 0 amide bonds. The van der Waals surface area contributed by atoms with Crippen LogP contribution in [0.25, 0.3) is 0 Å². The molecule has 0 aliphatic carbocycles. The average molecular weight is 591 g/mol. The fraction of sp³-hybridized carbons (Fsp3) is 0.382. The standard InChI is InChI=1S/C34H41F3N6/c1-22(2)20-27(38)14-15-29(39)43-18-16-24(17-19-43)31(40)30-28(34(35,36)37)21-23(3)41-33(30)42-32(25-10-6-4-7-11-25)26-12-8-5-9-13-26/h4-15,22,24,28,32,38-42H,3,16-21H2,1-2H3/b15-14-,38-27?,39-29?,40-31?. The van der Waals surface area contributed by atoms with E-state index in [1.165, 1.54) is 0 Å². The van der Waals surface area contributed by atoms with Crippen LogP contribution in [0, 0.1) is 34.0 Å². The Balaban J connectivity index is 1.61. The van der Waals surface area contributed by atoms with Crippen molar-refractivity contribution in [3.8, 4) is 0 Å². The van der Waals surface area contributed by atoms with Crippen LogP contribution in [0.15, 0.2) is 96.5 Å². The third-order valence-electron chi connectivity index (χ3n) is 7.92. The molecule has 0 saturated carbocycles. The van der Waals surface area contributed by atoms with Gasteiger partial charge in [0, 0.05) is 48.1 Å². The van der Waals surface area contributed by atoms with Gasteiger partial charge in [0.2, 0.25) is 0 Å². The summed E-state index contributed by atoms with van der Waals surface area (Å²) in [5.41, 5.74) is 2.39. The summed E-state index contributed by atoms with van der Waals surface area (Å²) in [5, 5.41) is 32.1. The van der Waals surface area contributed by atoms with Crippen LogP contribution < -0.4 is 10.6 Å². The van der Waals surface area contributed by atoms with Crippen LogP contribution in [0.1, 0.15) is 56.7 Å². The lowest BCUT2D eigenvalue weighted by molar-refractivity contribution is -0.163. The van der Waals surface area contributed by atoms with E-state index in [0.717, 1.165) is 11.1 Å². The van der Waals surface area contributed by atoms with Crippen molar-refractivity contribution in [2.24, 2.45) is 17.8 Å². The van der Waals surface area contributed by atoms with Crippen molar-refractivity contribution in [1.29, 1.82) is 16.2 Å². The number of hydrogen-bond acceptors (Lipinski definition) is 5. The molecule has 4 rings (SSSR count). The highest BCUT2D eigenvalue weighted by molar-refractivity contribution is 6.02. The van der Waals surface area contributed by atoms with Crippen LogP contribution in [-0.2, 0) is 0 Å². The average Bonchev–Trinajstić information content (AvgIpc) is 2.98. The van der Waals surface area contributed by atoms with E-state index in [4.69, 9.17) is 16.2 Å². The number of rotatable bonds is 10. The zero-order valence-corrected chi connectivity index (χ0v) is 24.8. The van der Waals surface area contributed by atoms with Gasteiger partial charge in [-0.05, 0) is 48.5 Å². The van der Waals surface area contributed by atoms with Crippen molar-refractivity contribution in [3.63, 3.8) is 0 Å². The molecule has 43 heavy (non-hydrogen) atoms. The van der Waals surface area contributed by atoms with Gasteiger partial charge in [-0.3, -0.25) is 5.41 Å². The Morgan fingerprint density at radius 1 is 0.977 bits per heavy atom. The SMILES string of the molecule is C=C1CC(C(F)(F)F)C(C(=N)C2CCN(C(=N)/C=C\C(=N)CC(C)C)CC2)=C(NC(c2ccccc2)c2ccccc2)N1. The van der Waals surface area contributed by atoms with E-state index in [-0.39, 0.29) is 41.0 Å². The molecule has 2 aromatic rings. The van der Waals surface area contributed by atoms with Gasteiger partial charge < -0.3 is 26.4 Å². The van der Waals surface area contributed by atoms with Crippen molar-refractivity contribution in [2.45, 2.75) is 51.7 Å². The first-order valence-electron chi connectivity index (χ1n) is 14.7. The van der Waals surface area contributed by atoms with E-state index in [0.29, 0.717) is 44.0 Å². The number of piperidine rings is 1. The number of allylic oxidation sites excluding steroid dienone is 3. The highest BCUT2D eigenvalue weighted by Gasteiger charge is 2.48. The molecule has 9 heteroatoms. The van der Waals surface area contributed by atoms with E-state index in [2.05, 4.69) is 17.2 Å². The third kappa shape index (κ3) is 8.24. The first-order valence-corrected chi connectivity index (χ1v) is 14.7. The molecule has 2 heterocycles. The summed E-state index contributed by atoms with van der Waals surface area (Å²) in [6, 6.07) is 18.6. The molecule has 2 aliphatic rings. The number of amidine groups is 1.